The summed E-state index contributed by atoms with van der Waals surface area (Å²) in [6, 6.07) is -0.844. The van der Waals surface area contributed by atoms with Crippen LogP contribution in [-0.2, 0) is 14.4 Å². The molecule has 1 aliphatic heterocycles. The summed E-state index contributed by atoms with van der Waals surface area (Å²) >= 11 is 0. The summed E-state index contributed by atoms with van der Waals surface area (Å²) in [6.45, 7) is 6.05. The van der Waals surface area contributed by atoms with Gasteiger partial charge in [-0.1, -0.05) is 20.3 Å². The van der Waals surface area contributed by atoms with Crippen LogP contribution in [0.3, 0.4) is 0 Å². The van der Waals surface area contributed by atoms with Gasteiger partial charge in [0.25, 0.3) is 0 Å². The first-order valence-corrected chi connectivity index (χ1v) is 7.16. The van der Waals surface area contributed by atoms with Crippen LogP contribution < -0.4 is 11.1 Å². The number of likely N-dealkylation sites (tertiary alicyclic amines) is 1. The fraction of sp³-hybridized carbons (Fsp3) is 0.786. The maximum atomic E-state index is 12.0. The smallest absolute Gasteiger partial charge is 0.234 e. The predicted molar refractivity (Wildman–Crippen MR) is 75.9 cm³/mol. The van der Waals surface area contributed by atoms with E-state index in [4.69, 9.17) is 5.73 Å². The highest BCUT2D eigenvalue weighted by molar-refractivity contribution is 5.88. The maximum Gasteiger partial charge on any atom is 0.234 e. The number of piperidine rings is 1. The number of nitrogens with two attached hydrogens (primary N) is 1. The number of nitrogens with zero attached hydrogens (tertiary/aromatic N) is 1. The van der Waals surface area contributed by atoms with Gasteiger partial charge in [-0.05, 0) is 32.2 Å². The molecule has 0 saturated carbocycles. The number of carbonyl (C=O) groups is 3. The molecule has 0 aliphatic carbocycles. The molecule has 1 aliphatic rings. The van der Waals surface area contributed by atoms with Crippen LogP contribution in [0.5, 0.6) is 0 Å². The van der Waals surface area contributed by atoms with Crippen LogP contribution in [0.4, 0.5) is 0 Å². The van der Waals surface area contributed by atoms with Crippen LogP contribution in [0.1, 0.15) is 40.0 Å². The van der Waals surface area contributed by atoms with E-state index >= 15 is 0 Å². The highest BCUT2D eigenvalue weighted by atomic mass is 16.2. The van der Waals surface area contributed by atoms with Crippen molar-refractivity contribution < 1.29 is 14.4 Å². The van der Waals surface area contributed by atoms with Gasteiger partial charge in [-0.3, -0.25) is 19.3 Å². The van der Waals surface area contributed by atoms with Crippen LogP contribution in [0.15, 0.2) is 0 Å². The lowest BCUT2D eigenvalue weighted by molar-refractivity contribution is -0.131. The third-order valence-corrected chi connectivity index (χ3v) is 3.71. The minimum absolute atomic E-state index is 0.0461. The number of carbonyl (C=O) groups excluding carboxylic acids is 3. The molecule has 2 unspecified atom stereocenters. The molecule has 0 aromatic heterocycles. The third kappa shape index (κ3) is 4.59. The molecule has 0 bridgehead atoms. The zero-order chi connectivity index (χ0) is 15.3. The van der Waals surface area contributed by atoms with Gasteiger partial charge in [0.2, 0.25) is 11.8 Å². The van der Waals surface area contributed by atoms with Gasteiger partial charge in [0.05, 0.1) is 18.6 Å². The number of amides is 2. The molecule has 20 heavy (non-hydrogen) atoms. The van der Waals surface area contributed by atoms with Crippen LogP contribution in [0, 0.1) is 5.92 Å². The SMILES string of the molecule is CC(=O)C(NC(=O)CN1CCCCC1C(N)=O)C(C)C. The third-order valence-electron chi connectivity index (χ3n) is 3.71. The second-order valence-electron chi connectivity index (χ2n) is 5.78. The van der Waals surface area contributed by atoms with Gasteiger partial charge in [-0.2, -0.15) is 0 Å². The summed E-state index contributed by atoms with van der Waals surface area (Å²) in [5.74, 6) is -0.625. The Morgan fingerprint density at radius 3 is 2.45 bits per heavy atom. The van der Waals surface area contributed by atoms with Crippen molar-refractivity contribution in [3.63, 3.8) is 0 Å². The van der Waals surface area contributed by atoms with E-state index in [1.807, 2.05) is 13.8 Å². The molecule has 2 atom stereocenters. The number of Topliss-reactive ketones (excluding diaryl/α,β-unsaturated/α-hetero) is 1. The molecule has 114 valence electrons. The quantitative estimate of drug-likeness (QED) is 0.720. The highest BCUT2D eigenvalue weighted by Crippen LogP contribution is 2.16. The fourth-order valence-corrected chi connectivity index (χ4v) is 2.64. The largest absolute Gasteiger partial charge is 0.368 e. The van der Waals surface area contributed by atoms with E-state index in [2.05, 4.69) is 5.32 Å². The molecular formula is C14H25N3O3. The molecule has 0 aromatic rings. The van der Waals surface area contributed by atoms with Gasteiger partial charge in [0, 0.05) is 0 Å². The van der Waals surface area contributed by atoms with Gasteiger partial charge in [-0.25, -0.2) is 0 Å². The van der Waals surface area contributed by atoms with Crippen molar-refractivity contribution in [2.75, 3.05) is 13.1 Å². The zero-order valence-corrected chi connectivity index (χ0v) is 12.5. The molecule has 2 amide bonds. The minimum Gasteiger partial charge on any atom is -0.368 e. The Hall–Kier alpha value is -1.43. The van der Waals surface area contributed by atoms with Crippen molar-refractivity contribution in [1.29, 1.82) is 0 Å². The lowest BCUT2D eigenvalue weighted by atomic mass is 10.00. The molecular weight excluding hydrogens is 258 g/mol. The molecule has 3 N–H and O–H groups in total. The topological polar surface area (TPSA) is 92.5 Å². The van der Waals surface area contributed by atoms with E-state index in [1.165, 1.54) is 6.92 Å². The Bertz CT molecular complexity index is 382. The highest BCUT2D eigenvalue weighted by Gasteiger charge is 2.29. The van der Waals surface area contributed by atoms with E-state index in [0.29, 0.717) is 13.0 Å². The summed E-state index contributed by atoms with van der Waals surface area (Å²) < 4.78 is 0. The van der Waals surface area contributed by atoms with E-state index in [9.17, 15) is 14.4 Å². The maximum absolute atomic E-state index is 12.0. The molecule has 0 aromatic carbocycles. The summed E-state index contributed by atoms with van der Waals surface area (Å²) in [6.07, 6.45) is 2.61. The van der Waals surface area contributed by atoms with Crippen molar-refractivity contribution in [1.82, 2.24) is 10.2 Å². The second-order valence-corrected chi connectivity index (χ2v) is 5.78. The van der Waals surface area contributed by atoms with Gasteiger partial charge >= 0.3 is 0 Å². The monoisotopic (exact) mass is 283 g/mol. The van der Waals surface area contributed by atoms with Crippen molar-refractivity contribution in [2.24, 2.45) is 11.7 Å². The van der Waals surface area contributed by atoms with Crippen LogP contribution in [0.25, 0.3) is 0 Å². The Balaban J connectivity index is 2.59. The first-order valence-electron chi connectivity index (χ1n) is 7.16. The summed E-state index contributed by atoms with van der Waals surface area (Å²) in [4.78, 5) is 36.7. The number of primary amides is 1. The first-order chi connectivity index (χ1) is 9.32. The Morgan fingerprint density at radius 1 is 1.30 bits per heavy atom. The molecule has 0 radical (unpaired) electrons. The molecule has 6 heteroatoms. The average molecular weight is 283 g/mol. The summed E-state index contributed by atoms with van der Waals surface area (Å²) in [5, 5.41) is 2.74. The van der Waals surface area contributed by atoms with Gasteiger partial charge in [0.1, 0.15) is 0 Å². The van der Waals surface area contributed by atoms with Crippen molar-refractivity contribution in [2.45, 2.75) is 52.1 Å². The molecule has 1 fully saturated rings. The van der Waals surface area contributed by atoms with E-state index in [1.54, 1.807) is 4.90 Å². The minimum atomic E-state index is -0.473. The number of nitrogens with one attached hydrogen (secondary N) is 1. The van der Waals surface area contributed by atoms with E-state index in [0.717, 1.165) is 12.8 Å². The van der Waals surface area contributed by atoms with Crippen LogP contribution in [0.2, 0.25) is 0 Å². The Labute approximate surface area is 120 Å². The predicted octanol–water partition coefficient (Wildman–Crippen LogP) is 0.0560. The normalized spacial score (nSPS) is 21.5. The van der Waals surface area contributed by atoms with Crippen molar-refractivity contribution >= 4 is 17.6 Å². The molecule has 0 spiro atoms. The van der Waals surface area contributed by atoms with Crippen molar-refractivity contribution in [3.8, 4) is 0 Å². The Kier molecular flexibility index (Phi) is 6.13. The lowest BCUT2D eigenvalue weighted by Gasteiger charge is -2.33. The van der Waals surface area contributed by atoms with E-state index in [-0.39, 0.29) is 36.1 Å². The zero-order valence-electron chi connectivity index (χ0n) is 12.5. The molecule has 6 nitrogen and oxygen atoms in total. The number of hydrogen-bond acceptors (Lipinski definition) is 4. The van der Waals surface area contributed by atoms with Crippen LogP contribution >= 0.6 is 0 Å². The number of rotatable bonds is 6. The summed E-state index contributed by atoms with van der Waals surface area (Å²) in [7, 11) is 0. The van der Waals surface area contributed by atoms with Gasteiger partial charge < -0.3 is 11.1 Å². The van der Waals surface area contributed by atoms with Crippen LogP contribution in [-0.4, -0.2) is 47.7 Å². The molecule has 1 saturated heterocycles. The number of hydrogen-bond donors (Lipinski definition) is 2. The van der Waals surface area contributed by atoms with Gasteiger partial charge in [-0.15, -0.1) is 0 Å². The van der Waals surface area contributed by atoms with Gasteiger partial charge in [0.15, 0.2) is 5.78 Å². The molecule has 1 rings (SSSR count). The summed E-state index contributed by atoms with van der Waals surface area (Å²) in [5.41, 5.74) is 5.36. The fourth-order valence-electron chi connectivity index (χ4n) is 2.64. The standard InChI is InChI=1S/C14H25N3O3/c1-9(2)13(10(3)18)16-12(19)8-17-7-5-4-6-11(17)14(15)20/h9,11,13H,4-8H2,1-3H3,(H2,15,20)(H,16,19). The average Bonchev–Trinajstić information content (AvgIpc) is 2.35. The first kappa shape index (κ1) is 16.6. The lowest BCUT2D eigenvalue weighted by Crippen LogP contribution is -2.53. The Morgan fingerprint density at radius 2 is 1.95 bits per heavy atom. The van der Waals surface area contributed by atoms with Crippen molar-refractivity contribution in [3.05, 3.63) is 0 Å². The van der Waals surface area contributed by atoms with E-state index < -0.39 is 6.04 Å². The second kappa shape index (κ2) is 7.38. The molecule has 1 heterocycles. The number of ketones is 1.